The number of carbonyl (C=O) groups is 1. The molecule has 8 heteroatoms. The number of hydrogen-bond donors (Lipinski definition) is 1. The fourth-order valence-corrected chi connectivity index (χ4v) is 3.69. The minimum absolute atomic E-state index is 0.0570. The summed E-state index contributed by atoms with van der Waals surface area (Å²) in [5.74, 6) is -2.37. The second-order valence-corrected chi connectivity index (χ2v) is 6.98. The largest absolute Gasteiger partial charge is 0.289 e. The third kappa shape index (κ3) is 3.19. The zero-order valence-corrected chi connectivity index (χ0v) is 15.3. The van der Waals surface area contributed by atoms with Crippen molar-refractivity contribution in [3.63, 3.8) is 0 Å². The first-order valence-electron chi connectivity index (χ1n) is 8.10. The van der Waals surface area contributed by atoms with E-state index in [0.717, 1.165) is 34.5 Å². The summed E-state index contributed by atoms with van der Waals surface area (Å²) in [7, 11) is 0. The molecule has 0 radical (unpaired) electrons. The van der Waals surface area contributed by atoms with E-state index in [1.54, 1.807) is 4.52 Å². The van der Waals surface area contributed by atoms with Crippen LogP contribution in [0.25, 0.3) is 16.2 Å². The zero-order valence-electron chi connectivity index (χ0n) is 14.5. The van der Waals surface area contributed by atoms with Crippen molar-refractivity contribution in [3.05, 3.63) is 70.1 Å². The predicted octanol–water partition coefficient (Wildman–Crippen LogP) is 4.61. The summed E-state index contributed by atoms with van der Waals surface area (Å²) in [5, 5.41) is 8.71. The highest BCUT2D eigenvalue weighted by atomic mass is 32.1. The minimum Gasteiger partial charge on any atom is -0.289 e. The number of nitrogens with one attached hydrogen (secondary N) is 1. The van der Waals surface area contributed by atoms with Crippen LogP contribution in [0.1, 0.15) is 21.5 Å². The number of carbonyl (C=O) groups excluding carboxylic acids is 1. The standard InChI is InChI=1S/C19H14F2N4OS/c1-10-3-5-13(11(2)7-10)16-9-27-19-23-18(24-25(16)19)22-17(26)14-6-4-12(20)8-15(14)21/h3-9H,1-2H3,(H,22,24,26). The van der Waals surface area contributed by atoms with Crippen LogP contribution in [0.5, 0.6) is 0 Å². The van der Waals surface area contributed by atoms with Gasteiger partial charge in [0.1, 0.15) is 11.6 Å². The molecule has 0 unspecified atom stereocenters. The number of amides is 1. The van der Waals surface area contributed by atoms with Crippen molar-refractivity contribution in [1.29, 1.82) is 0 Å². The van der Waals surface area contributed by atoms with Gasteiger partial charge in [-0.2, -0.15) is 4.98 Å². The van der Waals surface area contributed by atoms with Gasteiger partial charge in [0.25, 0.3) is 11.9 Å². The molecule has 0 aliphatic rings. The van der Waals surface area contributed by atoms with Crippen LogP contribution in [-0.4, -0.2) is 20.5 Å². The Balaban J connectivity index is 1.66. The van der Waals surface area contributed by atoms with Gasteiger partial charge in [-0.3, -0.25) is 10.1 Å². The molecule has 1 N–H and O–H groups in total. The van der Waals surface area contributed by atoms with Crippen LogP contribution < -0.4 is 5.32 Å². The molecule has 4 rings (SSSR count). The number of anilines is 1. The van der Waals surface area contributed by atoms with Crippen molar-refractivity contribution >= 4 is 28.2 Å². The molecule has 0 atom stereocenters. The van der Waals surface area contributed by atoms with Gasteiger partial charge >= 0.3 is 0 Å². The van der Waals surface area contributed by atoms with Crippen molar-refractivity contribution in [3.8, 4) is 11.3 Å². The van der Waals surface area contributed by atoms with Gasteiger partial charge in [0.05, 0.1) is 11.3 Å². The molecule has 0 aliphatic heterocycles. The van der Waals surface area contributed by atoms with E-state index < -0.39 is 17.5 Å². The topological polar surface area (TPSA) is 59.3 Å². The molecule has 0 aliphatic carbocycles. The van der Waals surface area contributed by atoms with Gasteiger partial charge in [0.2, 0.25) is 4.96 Å². The average Bonchev–Trinajstić information content (AvgIpc) is 3.15. The Kier molecular flexibility index (Phi) is 4.19. The first-order valence-corrected chi connectivity index (χ1v) is 8.98. The Bertz CT molecular complexity index is 1180. The first kappa shape index (κ1) is 17.3. The fourth-order valence-electron chi connectivity index (χ4n) is 2.86. The van der Waals surface area contributed by atoms with Gasteiger partial charge in [0.15, 0.2) is 0 Å². The minimum atomic E-state index is -0.940. The molecular formula is C19H14F2N4OS. The smallest absolute Gasteiger partial charge is 0.261 e. The second kappa shape index (κ2) is 6.55. The zero-order chi connectivity index (χ0) is 19.1. The summed E-state index contributed by atoms with van der Waals surface area (Å²) in [6.45, 7) is 4.04. The van der Waals surface area contributed by atoms with Gasteiger partial charge in [-0.1, -0.05) is 23.8 Å². The number of aryl methyl sites for hydroxylation is 2. The Hall–Kier alpha value is -3.13. The lowest BCUT2D eigenvalue weighted by Gasteiger charge is -2.05. The lowest BCUT2D eigenvalue weighted by molar-refractivity contribution is 0.102. The summed E-state index contributed by atoms with van der Waals surface area (Å²) < 4.78 is 28.4. The normalized spacial score (nSPS) is 11.1. The number of halogens is 2. The monoisotopic (exact) mass is 384 g/mol. The van der Waals surface area contributed by atoms with Crippen LogP contribution in [0.3, 0.4) is 0 Å². The maximum atomic E-state index is 13.8. The van der Waals surface area contributed by atoms with Crippen molar-refractivity contribution in [2.45, 2.75) is 13.8 Å². The summed E-state index contributed by atoms with van der Waals surface area (Å²) >= 11 is 1.38. The lowest BCUT2D eigenvalue weighted by Crippen LogP contribution is -2.15. The number of rotatable bonds is 3. The molecule has 0 bridgehead atoms. The molecule has 136 valence electrons. The van der Waals surface area contributed by atoms with Crippen molar-refractivity contribution in [1.82, 2.24) is 14.6 Å². The summed E-state index contributed by atoms with van der Waals surface area (Å²) in [4.78, 5) is 17.1. The third-order valence-electron chi connectivity index (χ3n) is 4.14. The van der Waals surface area contributed by atoms with Gasteiger partial charge in [0, 0.05) is 17.0 Å². The van der Waals surface area contributed by atoms with Crippen molar-refractivity contribution in [2.75, 3.05) is 5.32 Å². The van der Waals surface area contributed by atoms with Crippen molar-refractivity contribution < 1.29 is 13.6 Å². The van der Waals surface area contributed by atoms with Gasteiger partial charge in [-0.25, -0.2) is 13.3 Å². The Morgan fingerprint density at radius 1 is 1.15 bits per heavy atom. The predicted molar refractivity (Wildman–Crippen MR) is 100 cm³/mol. The van der Waals surface area contributed by atoms with E-state index in [1.165, 1.54) is 11.3 Å². The van der Waals surface area contributed by atoms with Crippen LogP contribution in [0.2, 0.25) is 0 Å². The quantitative estimate of drug-likeness (QED) is 0.561. The Morgan fingerprint density at radius 3 is 2.70 bits per heavy atom. The Labute approximate surface area is 157 Å². The molecule has 5 nitrogen and oxygen atoms in total. The van der Waals surface area contributed by atoms with E-state index in [-0.39, 0.29) is 11.5 Å². The number of fused-ring (bicyclic) bond motifs is 1. The summed E-state index contributed by atoms with van der Waals surface area (Å²) in [5.41, 5.74) is 3.86. The molecule has 0 saturated carbocycles. The number of hydrogen-bond acceptors (Lipinski definition) is 4. The van der Waals surface area contributed by atoms with Crippen LogP contribution in [0.4, 0.5) is 14.7 Å². The molecule has 0 spiro atoms. The Morgan fingerprint density at radius 2 is 1.96 bits per heavy atom. The van der Waals surface area contributed by atoms with Crippen LogP contribution in [0.15, 0.2) is 41.8 Å². The van der Waals surface area contributed by atoms with Crippen LogP contribution >= 0.6 is 11.3 Å². The second-order valence-electron chi connectivity index (χ2n) is 6.15. The average molecular weight is 384 g/mol. The highest BCUT2D eigenvalue weighted by molar-refractivity contribution is 7.15. The van der Waals surface area contributed by atoms with E-state index in [0.29, 0.717) is 11.0 Å². The number of nitrogens with zero attached hydrogens (tertiary/aromatic N) is 3. The maximum absolute atomic E-state index is 13.8. The summed E-state index contributed by atoms with van der Waals surface area (Å²) in [6, 6.07) is 8.87. The molecule has 1 amide bonds. The number of benzene rings is 2. The van der Waals surface area contributed by atoms with E-state index in [1.807, 2.05) is 31.4 Å². The van der Waals surface area contributed by atoms with Gasteiger partial charge < -0.3 is 0 Å². The van der Waals surface area contributed by atoms with E-state index in [4.69, 9.17) is 0 Å². The molecule has 2 aromatic heterocycles. The lowest BCUT2D eigenvalue weighted by atomic mass is 10.0. The highest BCUT2D eigenvalue weighted by Gasteiger charge is 2.17. The fraction of sp³-hybridized carbons (Fsp3) is 0.105. The van der Waals surface area contributed by atoms with E-state index in [2.05, 4.69) is 21.5 Å². The highest BCUT2D eigenvalue weighted by Crippen LogP contribution is 2.29. The third-order valence-corrected chi connectivity index (χ3v) is 4.96. The maximum Gasteiger partial charge on any atom is 0.261 e. The molecule has 2 aromatic carbocycles. The van der Waals surface area contributed by atoms with Gasteiger partial charge in [-0.15, -0.1) is 16.4 Å². The molecule has 0 saturated heterocycles. The summed E-state index contributed by atoms with van der Waals surface area (Å²) in [6.07, 6.45) is 0. The SMILES string of the molecule is Cc1ccc(-c2csc3nc(NC(=O)c4ccc(F)cc4F)nn23)c(C)c1. The molecular weight excluding hydrogens is 370 g/mol. The molecule has 27 heavy (non-hydrogen) atoms. The van der Waals surface area contributed by atoms with Gasteiger partial charge in [-0.05, 0) is 31.5 Å². The van der Waals surface area contributed by atoms with Crippen molar-refractivity contribution in [2.24, 2.45) is 0 Å². The molecule has 4 aromatic rings. The first-order chi connectivity index (χ1) is 12.9. The number of aromatic nitrogens is 3. The van der Waals surface area contributed by atoms with Crippen LogP contribution in [0, 0.1) is 25.5 Å². The number of thiazole rings is 1. The van der Waals surface area contributed by atoms with E-state index in [9.17, 15) is 13.6 Å². The van der Waals surface area contributed by atoms with E-state index >= 15 is 0 Å². The molecule has 0 fully saturated rings. The molecule has 2 heterocycles. The van der Waals surface area contributed by atoms with Crippen LogP contribution in [-0.2, 0) is 0 Å².